The maximum absolute atomic E-state index is 12.3. The molecule has 2 aromatic rings. The van der Waals surface area contributed by atoms with Gasteiger partial charge in [-0.05, 0) is 45.2 Å². The van der Waals surface area contributed by atoms with E-state index in [9.17, 15) is 4.79 Å². The SMILES string of the molecule is COCCC1(c2noc(-c3ccncc3)n2)CCN(C(=O)NC(C)C)CC1. The minimum atomic E-state index is -0.251. The van der Waals surface area contributed by atoms with Gasteiger partial charge >= 0.3 is 6.03 Å². The molecule has 0 aromatic carbocycles. The Balaban J connectivity index is 1.77. The van der Waals surface area contributed by atoms with E-state index in [-0.39, 0.29) is 17.5 Å². The minimum absolute atomic E-state index is 0.0177. The first-order valence-electron chi connectivity index (χ1n) is 9.33. The monoisotopic (exact) mass is 373 g/mol. The predicted octanol–water partition coefficient (Wildman–Crippen LogP) is 2.62. The number of rotatable bonds is 6. The van der Waals surface area contributed by atoms with Crippen LogP contribution in [0.25, 0.3) is 11.5 Å². The van der Waals surface area contributed by atoms with Crippen LogP contribution in [0.1, 0.15) is 38.9 Å². The van der Waals surface area contributed by atoms with Gasteiger partial charge in [0.2, 0.25) is 0 Å². The van der Waals surface area contributed by atoms with Crippen LogP contribution in [0.15, 0.2) is 29.0 Å². The van der Waals surface area contributed by atoms with Gasteiger partial charge in [-0.1, -0.05) is 5.16 Å². The summed E-state index contributed by atoms with van der Waals surface area (Å²) in [6, 6.07) is 3.80. The molecule has 0 bridgehead atoms. The highest BCUT2D eigenvalue weighted by Crippen LogP contribution is 2.38. The second kappa shape index (κ2) is 8.47. The molecule has 3 heterocycles. The number of hydrogen-bond donors (Lipinski definition) is 1. The molecular formula is C19H27N5O3. The van der Waals surface area contributed by atoms with E-state index in [1.165, 1.54) is 0 Å². The maximum Gasteiger partial charge on any atom is 0.317 e. The number of amides is 2. The van der Waals surface area contributed by atoms with Crippen molar-refractivity contribution in [3.8, 4) is 11.5 Å². The molecule has 0 spiro atoms. The van der Waals surface area contributed by atoms with Gasteiger partial charge in [0.15, 0.2) is 5.82 Å². The van der Waals surface area contributed by atoms with Crippen LogP contribution in [-0.2, 0) is 10.2 Å². The number of likely N-dealkylation sites (tertiary alicyclic amines) is 1. The van der Waals surface area contributed by atoms with Crippen molar-refractivity contribution < 1.29 is 14.1 Å². The Morgan fingerprint density at radius 3 is 2.67 bits per heavy atom. The molecular weight excluding hydrogens is 346 g/mol. The van der Waals surface area contributed by atoms with Gasteiger partial charge in [-0.3, -0.25) is 4.98 Å². The van der Waals surface area contributed by atoms with Gasteiger partial charge in [0.05, 0.1) is 0 Å². The number of urea groups is 1. The molecule has 2 aromatic heterocycles. The molecule has 0 unspecified atom stereocenters. The Kier molecular flexibility index (Phi) is 6.05. The summed E-state index contributed by atoms with van der Waals surface area (Å²) in [6.07, 6.45) is 5.74. The highest BCUT2D eigenvalue weighted by atomic mass is 16.5. The Bertz CT molecular complexity index is 739. The zero-order chi connectivity index (χ0) is 19.3. The van der Waals surface area contributed by atoms with Crippen molar-refractivity contribution in [3.63, 3.8) is 0 Å². The number of pyridine rings is 1. The molecule has 0 saturated carbocycles. The fourth-order valence-corrected chi connectivity index (χ4v) is 3.41. The van der Waals surface area contributed by atoms with Crippen molar-refractivity contribution in [2.75, 3.05) is 26.8 Å². The number of piperidine rings is 1. The molecule has 146 valence electrons. The number of methoxy groups -OCH3 is 1. The number of nitrogens with zero attached hydrogens (tertiary/aromatic N) is 4. The lowest BCUT2D eigenvalue weighted by Crippen LogP contribution is -2.50. The second-order valence-corrected chi connectivity index (χ2v) is 7.27. The average Bonchev–Trinajstić information content (AvgIpc) is 3.18. The molecule has 1 saturated heterocycles. The van der Waals surface area contributed by atoms with Crippen LogP contribution >= 0.6 is 0 Å². The number of ether oxygens (including phenoxy) is 1. The van der Waals surface area contributed by atoms with Gasteiger partial charge in [-0.2, -0.15) is 4.98 Å². The van der Waals surface area contributed by atoms with Gasteiger partial charge in [-0.15, -0.1) is 0 Å². The third kappa shape index (κ3) is 4.44. The number of carbonyl (C=O) groups is 1. The Hall–Kier alpha value is -2.48. The van der Waals surface area contributed by atoms with E-state index in [4.69, 9.17) is 9.26 Å². The third-order valence-corrected chi connectivity index (χ3v) is 5.03. The van der Waals surface area contributed by atoms with E-state index in [0.717, 1.165) is 24.8 Å². The molecule has 0 radical (unpaired) electrons. The highest BCUT2D eigenvalue weighted by molar-refractivity contribution is 5.74. The van der Waals surface area contributed by atoms with Crippen LogP contribution in [0.5, 0.6) is 0 Å². The number of hydrogen-bond acceptors (Lipinski definition) is 6. The molecule has 1 fully saturated rings. The molecule has 3 rings (SSSR count). The zero-order valence-corrected chi connectivity index (χ0v) is 16.1. The van der Waals surface area contributed by atoms with Gasteiger partial charge < -0.3 is 19.5 Å². The van der Waals surface area contributed by atoms with Crippen molar-refractivity contribution in [3.05, 3.63) is 30.4 Å². The first-order chi connectivity index (χ1) is 13.0. The summed E-state index contributed by atoms with van der Waals surface area (Å²) in [5, 5.41) is 7.23. The van der Waals surface area contributed by atoms with Crippen molar-refractivity contribution in [1.82, 2.24) is 25.3 Å². The van der Waals surface area contributed by atoms with E-state index in [2.05, 4.69) is 20.4 Å². The summed E-state index contributed by atoms with van der Waals surface area (Å²) in [5.41, 5.74) is 0.596. The third-order valence-electron chi connectivity index (χ3n) is 5.03. The first kappa shape index (κ1) is 19.3. The molecule has 27 heavy (non-hydrogen) atoms. The predicted molar refractivity (Wildman–Crippen MR) is 100 cm³/mol. The summed E-state index contributed by atoms with van der Waals surface area (Å²) in [5.74, 6) is 1.18. The Morgan fingerprint density at radius 2 is 2.04 bits per heavy atom. The van der Waals surface area contributed by atoms with E-state index < -0.39 is 0 Å². The quantitative estimate of drug-likeness (QED) is 0.837. The molecule has 0 atom stereocenters. The molecule has 1 aliphatic rings. The van der Waals surface area contributed by atoms with Crippen LogP contribution in [-0.4, -0.2) is 58.9 Å². The van der Waals surface area contributed by atoms with Gasteiger partial charge in [-0.25, -0.2) is 4.79 Å². The van der Waals surface area contributed by atoms with Crippen LogP contribution in [0.2, 0.25) is 0 Å². The van der Waals surface area contributed by atoms with Crippen molar-refractivity contribution in [2.45, 2.75) is 44.6 Å². The fraction of sp³-hybridized carbons (Fsp3) is 0.579. The van der Waals surface area contributed by atoms with E-state index >= 15 is 0 Å². The lowest BCUT2D eigenvalue weighted by atomic mass is 9.75. The van der Waals surface area contributed by atoms with Crippen LogP contribution in [0, 0.1) is 0 Å². The topological polar surface area (TPSA) is 93.4 Å². The lowest BCUT2D eigenvalue weighted by molar-refractivity contribution is 0.114. The fourth-order valence-electron chi connectivity index (χ4n) is 3.41. The Labute approximate surface area is 159 Å². The van der Waals surface area contributed by atoms with Crippen LogP contribution < -0.4 is 5.32 Å². The summed E-state index contributed by atoms with van der Waals surface area (Å²) in [6.45, 7) is 5.84. The van der Waals surface area contributed by atoms with Gasteiger partial charge in [0.25, 0.3) is 5.89 Å². The second-order valence-electron chi connectivity index (χ2n) is 7.27. The summed E-state index contributed by atoms with van der Waals surface area (Å²) in [7, 11) is 1.69. The number of aromatic nitrogens is 3. The molecule has 8 heteroatoms. The van der Waals surface area contributed by atoms with Crippen LogP contribution in [0.3, 0.4) is 0 Å². The van der Waals surface area contributed by atoms with E-state index in [1.807, 2.05) is 30.9 Å². The van der Waals surface area contributed by atoms with Crippen LogP contribution in [0.4, 0.5) is 4.79 Å². The number of nitrogens with one attached hydrogen (secondary N) is 1. The summed E-state index contributed by atoms with van der Waals surface area (Å²) in [4.78, 5) is 22.8. The normalized spacial score (nSPS) is 16.5. The van der Waals surface area contributed by atoms with Crippen molar-refractivity contribution >= 4 is 6.03 Å². The molecule has 0 aliphatic carbocycles. The summed E-state index contributed by atoms with van der Waals surface area (Å²) < 4.78 is 10.8. The minimum Gasteiger partial charge on any atom is -0.385 e. The smallest absolute Gasteiger partial charge is 0.317 e. The van der Waals surface area contributed by atoms with Crippen molar-refractivity contribution in [1.29, 1.82) is 0 Å². The lowest BCUT2D eigenvalue weighted by Gasteiger charge is -2.40. The Morgan fingerprint density at radius 1 is 1.33 bits per heavy atom. The van der Waals surface area contributed by atoms with Crippen molar-refractivity contribution in [2.24, 2.45) is 0 Å². The van der Waals surface area contributed by atoms with E-state index in [1.54, 1.807) is 19.5 Å². The van der Waals surface area contributed by atoms with Gasteiger partial charge in [0.1, 0.15) is 0 Å². The molecule has 1 aliphatic heterocycles. The highest BCUT2D eigenvalue weighted by Gasteiger charge is 2.41. The largest absolute Gasteiger partial charge is 0.385 e. The zero-order valence-electron chi connectivity index (χ0n) is 16.1. The maximum atomic E-state index is 12.3. The number of carbonyl (C=O) groups excluding carboxylic acids is 1. The summed E-state index contributed by atoms with van der Waals surface area (Å²) >= 11 is 0. The standard InChI is InChI=1S/C19H27N5O3/c1-14(2)21-18(25)24-11-6-19(7-12-24,8-13-26-3)17-22-16(27-23-17)15-4-9-20-10-5-15/h4-5,9-10,14H,6-8,11-13H2,1-3H3,(H,21,25). The molecule has 1 N–H and O–H groups in total. The average molecular weight is 373 g/mol. The van der Waals surface area contributed by atoms with Gasteiger partial charge in [0, 0.05) is 56.2 Å². The van der Waals surface area contributed by atoms with E-state index in [0.29, 0.717) is 31.4 Å². The molecule has 8 nitrogen and oxygen atoms in total. The molecule has 2 amide bonds. The first-order valence-corrected chi connectivity index (χ1v) is 9.33.